The average Bonchev–Trinajstić information content (AvgIpc) is 3.63. The summed E-state index contributed by atoms with van der Waals surface area (Å²) < 4.78 is 29.1. The SMILES string of the molecule is CCOC(=O)C1=C(C)N=c2s/c(=C/c3ccc(-c4ccc(Cl)c(C(=O)O)c4)o3)c(=O)n2[C@H]1c1ccc(OCC(=O)OC)c(OCC)c1. The lowest BCUT2D eigenvalue weighted by Crippen LogP contribution is -2.40. The van der Waals surface area contributed by atoms with Gasteiger partial charge >= 0.3 is 17.9 Å². The van der Waals surface area contributed by atoms with E-state index in [0.717, 1.165) is 11.3 Å². The Morgan fingerprint density at radius 3 is 2.55 bits per heavy atom. The number of aromatic nitrogens is 1. The number of hydrogen-bond donors (Lipinski definition) is 1. The number of ether oxygens (including phenoxy) is 4. The van der Waals surface area contributed by atoms with Crippen molar-refractivity contribution in [2.45, 2.75) is 26.8 Å². The van der Waals surface area contributed by atoms with E-state index in [2.05, 4.69) is 9.73 Å². The highest BCUT2D eigenvalue weighted by Gasteiger charge is 2.34. The molecule has 0 spiro atoms. The third kappa shape index (κ3) is 6.86. The number of carboxylic acids is 1. The largest absolute Gasteiger partial charge is 0.490 e. The van der Waals surface area contributed by atoms with Gasteiger partial charge in [-0.05, 0) is 68.8 Å². The molecule has 4 aromatic rings. The number of aromatic carboxylic acids is 1. The lowest BCUT2D eigenvalue weighted by Gasteiger charge is -2.25. The van der Waals surface area contributed by atoms with E-state index in [9.17, 15) is 24.3 Å². The Balaban J connectivity index is 1.61. The third-order valence-electron chi connectivity index (χ3n) is 7.05. The zero-order chi connectivity index (χ0) is 33.8. The summed E-state index contributed by atoms with van der Waals surface area (Å²) in [4.78, 5) is 55.5. The molecule has 0 aliphatic carbocycles. The number of rotatable bonds is 11. The van der Waals surface area contributed by atoms with Crippen LogP contribution in [0.4, 0.5) is 0 Å². The molecule has 0 amide bonds. The van der Waals surface area contributed by atoms with Crippen LogP contribution in [0, 0.1) is 0 Å². The van der Waals surface area contributed by atoms with Crippen molar-refractivity contribution < 1.29 is 42.9 Å². The van der Waals surface area contributed by atoms with Crippen LogP contribution >= 0.6 is 22.9 Å². The Hall–Kier alpha value is -5.14. The van der Waals surface area contributed by atoms with Gasteiger partial charge in [-0.25, -0.2) is 19.4 Å². The van der Waals surface area contributed by atoms with Gasteiger partial charge in [-0.3, -0.25) is 9.36 Å². The number of carbonyl (C=O) groups is 3. The van der Waals surface area contributed by atoms with E-state index in [1.54, 1.807) is 63.2 Å². The van der Waals surface area contributed by atoms with Gasteiger partial charge in [0.2, 0.25) is 0 Å². The van der Waals surface area contributed by atoms with E-state index in [1.807, 2.05) is 0 Å². The van der Waals surface area contributed by atoms with Crippen molar-refractivity contribution in [2.24, 2.45) is 4.99 Å². The predicted molar refractivity (Wildman–Crippen MR) is 172 cm³/mol. The minimum absolute atomic E-state index is 0.0706. The summed E-state index contributed by atoms with van der Waals surface area (Å²) in [5, 5.41) is 9.53. The van der Waals surface area contributed by atoms with E-state index in [1.165, 1.54) is 23.8 Å². The van der Waals surface area contributed by atoms with E-state index in [-0.39, 0.29) is 46.3 Å². The summed E-state index contributed by atoms with van der Waals surface area (Å²) in [5.74, 6) is -1.10. The summed E-state index contributed by atoms with van der Waals surface area (Å²) in [6, 6.07) is 11.8. The molecular formula is C33H29ClN2O10S. The topological polar surface area (TPSA) is 156 Å². The van der Waals surface area contributed by atoms with Crippen molar-refractivity contribution in [2.75, 3.05) is 26.9 Å². The summed E-state index contributed by atoms with van der Waals surface area (Å²) in [6.07, 6.45) is 1.55. The number of furan rings is 1. The Labute approximate surface area is 276 Å². The number of thiazole rings is 1. The number of fused-ring (bicyclic) bond motifs is 1. The molecule has 14 heteroatoms. The maximum absolute atomic E-state index is 14.0. The summed E-state index contributed by atoms with van der Waals surface area (Å²) >= 11 is 7.12. The molecule has 2 aromatic carbocycles. The Kier molecular flexibility index (Phi) is 9.97. The molecular weight excluding hydrogens is 652 g/mol. The number of halogens is 1. The predicted octanol–water partition coefficient (Wildman–Crippen LogP) is 4.36. The van der Waals surface area contributed by atoms with Gasteiger partial charge in [0.1, 0.15) is 11.5 Å². The van der Waals surface area contributed by atoms with Gasteiger partial charge in [-0.2, -0.15) is 0 Å². The number of esters is 2. The second-order valence-corrected chi connectivity index (χ2v) is 11.4. The van der Waals surface area contributed by atoms with Crippen molar-refractivity contribution in [1.82, 2.24) is 4.57 Å². The molecule has 47 heavy (non-hydrogen) atoms. The fourth-order valence-corrected chi connectivity index (χ4v) is 6.17. The van der Waals surface area contributed by atoms with Gasteiger partial charge in [0, 0.05) is 11.6 Å². The number of nitrogens with zero attached hydrogens (tertiary/aromatic N) is 2. The van der Waals surface area contributed by atoms with Gasteiger partial charge in [-0.15, -0.1) is 0 Å². The summed E-state index contributed by atoms with van der Waals surface area (Å²) in [7, 11) is 1.25. The molecule has 1 N–H and O–H groups in total. The van der Waals surface area contributed by atoms with Crippen molar-refractivity contribution in [3.8, 4) is 22.8 Å². The number of hydrogen-bond acceptors (Lipinski definition) is 11. The van der Waals surface area contributed by atoms with Crippen LogP contribution < -0.4 is 24.4 Å². The van der Waals surface area contributed by atoms with Crippen LogP contribution in [0.5, 0.6) is 11.5 Å². The van der Waals surface area contributed by atoms with E-state index in [0.29, 0.717) is 38.9 Å². The molecule has 0 unspecified atom stereocenters. The second kappa shape index (κ2) is 14.1. The Morgan fingerprint density at radius 1 is 1.06 bits per heavy atom. The van der Waals surface area contributed by atoms with Crippen molar-refractivity contribution in [1.29, 1.82) is 0 Å². The monoisotopic (exact) mass is 680 g/mol. The summed E-state index contributed by atoms with van der Waals surface area (Å²) in [6.45, 7) is 5.18. The molecule has 1 aliphatic rings. The molecule has 1 atom stereocenters. The molecule has 0 saturated heterocycles. The quantitative estimate of drug-likeness (QED) is 0.226. The van der Waals surface area contributed by atoms with Gasteiger partial charge in [0.15, 0.2) is 22.9 Å². The minimum Gasteiger partial charge on any atom is -0.490 e. The first-order valence-corrected chi connectivity index (χ1v) is 15.5. The van der Waals surface area contributed by atoms with Gasteiger partial charge in [0.05, 0.1) is 52.8 Å². The standard InChI is InChI=1S/C33H29ClN2O10S/c1-5-43-25-14-19(8-11-24(25)45-16-27(37)42-4)29-28(32(41)44-6-2)17(3)35-33-36(29)30(38)26(47-33)15-20-9-12-23(46-20)18-7-10-22(34)21(13-18)31(39)40/h7-15,29H,5-6,16H2,1-4H3,(H,39,40)/b26-15+/t29-/m0/s1. The first kappa shape index (κ1) is 33.2. The van der Waals surface area contributed by atoms with Gasteiger partial charge in [0.25, 0.3) is 5.56 Å². The highest BCUT2D eigenvalue weighted by Crippen LogP contribution is 2.36. The van der Waals surface area contributed by atoms with Crippen LogP contribution in [-0.4, -0.2) is 54.5 Å². The first-order chi connectivity index (χ1) is 22.6. The van der Waals surface area contributed by atoms with Crippen LogP contribution in [0.3, 0.4) is 0 Å². The maximum Gasteiger partial charge on any atom is 0.343 e. The molecule has 0 radical (unpaired) electrons. The van der Waals surface area contributed by atoms with E-state index >= 15 is 0 Å². The number of benzene rings is 2. The van der Waals surface area contributed by atoms with Crippen molar-refractivity contribution in [3.63, 3.8) is 0 Å². The van der Waals surface area contributed by atoms with Crippen LogP contribution in [0.2, 0.25) is 5.02 Å². The van der Waals surface area contributed by atoms with Gasteiger partial charge in [-0.1, -0.05) is 29.0 Å². The zero-order valence-corrected chi connectivity index (χ0v) is 27.3. The van der Waals surface area contributed by atoms with Crippen LogP contribution in [0.1, 0.15) is 48.5 Å². The smallest absolute Gasteiger partial charge is 0.343 e. The lowest BCUT2D eigenvalue weighted by atomic mass is 9.95. The number of carbonyl (C=O) groups excluding carboxylic acids is 2. The fraction of sp³-hybridized carbons (Fsp3) is 0.242. The molecule has 244 valence electrons. The van der Waals surface area contributed by atoms with E-state index < -0.39 is 29.5 Å². The number of allylic oxidation sites excluding steroid dienone is 1. The summed E-state index contributed by atoms with van der Waals surface area (Å²) in [5.41, 5.74) is 1.05. The molecule has 5 rings (SSSR count). The number of methoxy groups -OCH3 is 1. The normalized spacial score (nSPS) is 14.3. The maximum atomic E-state index is 14.0. The van der Waals surface area contributed by atoms with Crippen LogP contribution in [-0.2, 0) is 19.1 Å². The minimum atomic E-state index is -1.17. The second-order valence-electron chi connectivity index (χ2n) is 10.0. The molecule has 12 nitrogen and oxygen atoms in total. The number of carboxylic acid groups (broad SMARTS) is 1. The Bertz CT molecular complexity index is 2090. The van der Waals surface area contributed by atoms with Crippen molar-refractivity contribution in [3.05, 3.63) is 101 Å². The molecule has 0 bridgehead atoms. The molecule has 0 fully saturated rings. The third-order valence-corrected chi connectivity index (χ3v) is 8.37. The average molecular weight is 681 g/mol. The first-order valence-electron chi connectivity index (χ1n) is 14.3. The molecule has 2 aromatic heterocycles. The molecule has 3 heterocycles. The highest BCUT2D eigenvalue weighted by molar-refractivity contribution is 7.07. The molecule has 1 aliphatic heterocycles. The lowest BCUT2D eigenvalue weighted by molar-refractivity contribution is -0.143. The highest BCUT2D eigenvalue weighted by atomic mass is 35.5. The Morgan fingerprint density at radius 2 is 1.85 bits per heavy atom. The van der Waals surface area contributed by atoms with Crippen LogP contribution in [0.15, 0.2) is 74.0 Å². The zero-order valence-electron chi connectivity index (χ0n) is 25.7. The van der Waals surface area contributed by atoms with Crippen molar-refractivity contribution >= 4 is 46.9 Å². The molecule has 0 saturated carbocycles. The van der Waals surface area contributed by atoms with Gasteiger partial charge < -0.3 is 28.5 Å². The van der Waals surface area contributed by atoms with Crippen LogP contribution in [0.25, 0.3) is 17.4 Å². The fourth-order valence-electron chi connectivity index (χ4n) is 4.94. The van der Waals surface area contributed by atoms with E-state index in [4.69, 9.17) is 30.2 Å².